The number of hydrogen-bond donors (Lipinski definition) is 0. The lowest BCUT2D eigenvalue weighted by atomic mass is 9.64. The van der Waals surface area contributed by atoms with E-state index >= 15 is 0 Å². The van der Waals surface area contributed by atoms with Crippen molar-refractivity contribution >= 4 is 0 Å². The van der Waals surface area contributed by atoms with Crippen LogP contribution in [-0.2, 0) is 45.3 Å². The second-order valence-electron chi connectivity index (χ2n) is 18.4. The van der Waals surface area contributed by atoms with E-state index in [1.165, 1.54) is 28.7 Å². The Hall–Kier alpha value is -1.56. The Morgan fingerprint density at radius 3 is 1.26 bits per heavy atom. The van der Waals surface area contributed by atoms with Crippen molar-refractivity contribution in [2.24, 2.45) is 0 Å². The topological polar surface area (TPSA) is 0 Å². The molecule has 0 spiro atoms. The highest BCUT2D eigenvalue weighted by Crippen LogP contribution is 2.46. The van der Waals surface area contributed by atoms with Gasteiger partial charge in [0.2, 0.25) is 0 Å². The molecule has 39 heavy (non-hydrogen) atoms. The van der Waals surface area contributed by atoms with E-state index in [1.807, 2.05) is 0 Å². The first-order valence-corrected chi connectivity index (χ1v) is 15.5. The Morgan fingerprint density at radius 2 is 0.872 bits per heavy atom. The van der Waals surface area contributed by atoms with Gasteiger partial charge in [0.15, 0.2) is 0 Å². The molecular formula is C39H64. The van der Waals surface area contributed by atoms with Crippen molar-refractivity contribution in [2.45, 2.75) is 176 Å². The van der Waals surface area contributed by atoms with Gasteiger partial charge in [0.25, 0.3) is 0 Å². The summed E-state index contributed by atoms with van der Waals surface area (Å²) in [6.45, 7) is 43.0. The third-order valence-corrected chi connectivity index (χ3v) is 8.21. The second-order valence-corrected chi connectivity index (χ2v) is 18.4. The van der Waals surface area contributed by atoms with Crippen molar-refractivity contribution < 1.29 is 0 Å². The maximum absolute atomic E-state index is 2.60. The Labute approximate surface area is 244 Å². The molecule has 0 unspecified atom stereocenters. The summed E-state index contributed by atoms with van der Waals surface area (Å²) in [7, 11) is 0. The average molecular weight is 533 g/mol. The highest BCUT2D eigenvalue weighted by molar-refractivity contribution is 5.56. The first-order valence-electron chi connectivity index (χ1n) is 15.5. The molecule has 0 saturated carbocycles. The summed E-state index contributed by atoms with van der Waals surface area (Å²) in [6, 6.07) is 9.90. The zero-order valence-electron chi connectivity index (χ0n) is 29.4. The quantitative estimate of drug-likeness (QED) is 0.367. The van der Waals surface area contributed by atoms with Crippen LogP contribution in [0.1, 0.15) is 176 Å². The predicted octanol–water partition coefficient (Wildman–Crippen LogP) is 11.6. The Kier molecular flexibility index (Phi) is 9.22. The monoisotopic (exact) mass is 533 g/mol. The van der Waals surface area contributed by atoms with Crippen molar-refractivity contribution in [3.8, 4) is 0 Å². The molecule has 0 nitrogen and oxygen atoms in total. The SMILES string of the molecule is CC(C)(C)c1ccc(CCCc2c(C(C)(C)C)cc(C(C)(C)C)c(C(C)(C)C)c2C(C)(C)C)c(C(C)(C)C)c1. The van der Waals surface area contributed by atoms with Crippen molar-refractivity contribution in [1.29, 1.82) is 0 Å². The van der Waals surface area contributed by atoms with Crippen LogP contribution >= 0.6 is 0 Å². The van der Waals surface area contributed by atoms with Gasteiger partial charge in [0.1, 0.15) is 0 Å². The highest BCUT2D eigenvalue weighted by atomic mass is 14.4. The van der Waals surface area contributed by atoms with Crippen LogP contribution < -0.4 is 0 Å². The largest absolute Gasteiger partial charge is 0.0585 e. The maximum Gasteiger partial charge on any atom is -0.0126 e. The molecule has 2 aromatic rings. The molecule has 0 heterocycles. The summed E-state index contributed by atoms with van der Waals surface area (Å²) in [5.41, 5.74) is 13.0. The molecule has 0 N–H and O–H groups in total. The summed E-state index contributed by atoms with van der Waals surface area (Å²) in [5.74, 6) is 0. The van der Waals surface area contributed by atoms with E-state index in [0.717, 1.165) is 12.8 Å². The van der Waals surface area contributed by atoms with Gasteiger partial charge in [-0.3, -0.25) is 0 Å². The van der Waals surface area contributed by atoms with Crippen LogP contribution in [0.25, 0.3) is 0 Å². The van der Waals surface area contributed by atoms with Gasteiger partial charge >= 0.3 is 0 Å². The standard InChI is InChI=1S/C39H64/c1-34(2,3)27-23-22-26(29(24-27)35(4,5)6)20-19-21-28-30(36(7,8)9)25-31(37(10,11)12)33(39(16,17)18)32(28)38(13,14)15/h22-25H,19-21H2,1-18H3. The van der Waals surface area contributed by atoms with Crippen LogP contribution in [-0.4, -0.2) is 0 Å². The van der Waals surface area contributed by atoms with Gasteiger partial charge in [-0.1, -0.05) is 149 Å². The van der Waals surface area contributed by atoms with Gasteiger partial charge in [-0.05, 0) is 96.3 Å². The van der Waals surface area contributed by atoms with Gasteiger partial charge in [-0.15, -0.1) is 0 Å². The molecule has 2 rings (SSSR count). The van der Waals surface area contributed by atoms with Gasteiger partial charge in [-0.25, -0.2) is 0 Å². The van der Waals surface area contributed by atoms with Gasteiger partial charge in [-0.2, -0.15) is 0 Å². The lowest BCUT2D eigenvalue weighted by Crippen LogP contribution is -2.32. The van der Waals surface area contributed by atoms with Gasteiger partial charge in [0, 0.05) is 0 Å². The lowest BCUT2D eigenvalue weighted by molar-refractivity contribution is 0.483. The summed E-state index contributed by atoms with van der Waals surface area (Å²) in [4.78, 5) is 0. The fourth-order valence-corrected chi connectivity index (χ4v) is 6.27. The smallest absolute Gasteiger partial charge is 0.0126 e. The first kappa shape index (κ1) is 33.6. The van der Waals surface area contributed by atoms with Crippen LogP contribution in [0.3, 0.4) is 0 Å². The van der Waals surface area contributed by atoms with E-state index in [9.17, 15) is 0 Å². The molecule has 220 valence electrons. The summed E-state index contributed by atoms with van der Waals surface area (Å²) in [5, 5.41) is 0. The van der Waals surface area contributed by atoms with E-state index in [2.05, 4.69) is 149 Å². The molecule has 0 aliphatic heterocycles. The third-order valence-electron chi connectivity index (χ3n) is 8.21. The Morgan fingerprint density at radius 1 is 0.410 bits per heavy atom. The summed E-state index contributed by atoms with van der Waals surface area (Å²) in [6.07, 6.45) is 3.41. The Balaban J connectivity index is 2.75. The molecule has 0 radical (unpaired) electrons. The molecule has 0 saturated heterocycles. The van der Waals surface area contributed by atoms with E-state index < -0.39 is 0 Å². The van der Waals surface area contributed by atoms with Crippen LogP contribution in [0, 0.1) is 0 Å². The highest BCUT2D eigenvalue weighted by Gasteiger charge is 2.36. The number of benzene rings is 2. The summed E-state index contributed by atoms with van der Waals surface area (Å²) < 4.78 is 0. The van der Waals surface area contributed by atoms with Crippen molar-refractivity contribution in [2.75, 3.05) is 0 Å². The van der Waals surface area contributed by atoms with Crippen LogP contribution in [0.15, 0.2) is 24.3 Å². The Bertz CT molecular complexity index is 1140. The fourth-order valence-electron chi connectivity index (χ4n) is 6.27. The van der Waals surface area contributed by atoms with Gasteiger partial charge < -0.3 is 0 Å². The van der Waals surface area contributed by atoms with Crippen molar-refractivity contribution in [3.63, 3.8) is 0 Å². The van der Waals surface area contributed by atoms with E-state index in [1.54, 1.807) is 22.3 Å². The molecular weight excluding hydrogens is 468 g/mol. The fraction of sp³-hybridized carbons (Fsp3) is 0.692. The lowest BCUT2D eigenvalue weighted by Gasteiger charge is -2.41. The third kappa shape index (κ3) is 8.01. The van der Waals surface area contributed by atoms with E-state index in [0.29, 0.717) is 0 Å². The summed E-state index contributed by atoms with van der Waals surface area (Å²) >= 11 is 0. The number of rotatable bonds is 4. The van der Waals surface area contributed by atoms with Crippen LogP contribution in [0.2, 0.25) is 0 Å². The molecule has 0 aromatic heterocycles. The predicted molar refractivity (Wildman–Crippen MR) is 177 cm³/mol. The zero-order chi connectivity index (χ0) is 30.6. The molecule has 0 aliphatic carbocycles. The molecule has 0 atom stereocenters. The van der Waals surface area contributed by atoms with E-state index in [4.69, 9.17) is 0 Å². The minimum atomic E-state index is 0.0735. The van der Waals surface area contributed by atoms with Crippen LogP contribution in [0.5, 0.6) is 0 Å². The molecule has 0 amide bonds. The second kappa shape index (κ2) is 10.7. The molecule has 2 aromatic carbocycles. The van der Waals surface area contributed by atoms with Crippen LogP contribution in [0.4, 0.5) is 0 Å². The first-order chi connectivity index (χ1) is 17.2. The van der Waals surface area contributed by atoms with Crippen molar-refractivity contribution in [3.05, 3.63) is 68.8 Å². The average Bonchev–Trinajstić information content (AvgIpc) is 2.68. The zero-order valence-corrected chi connectivity index (χ0v) is 29.4. The normalized spacial score (nSPS) is 14.2. The minimum Gasteiger partial charge on any atom is -0.0585 e. The molecule has 0 heteroatoms. The molecule has 0 aliphatic rings. The van der Waals surface area contributed by atoms with E-state index in [-0.39, 0.29) is 32.5 Å². The minimum absolute atomic E-state index is 0.0735. The van der Waals surface area contributed by atoms with Gasteiger partial charge in [0.05, 0.1) is 0 Å². The number of aryl methyl sites for hydroxylation is 1. The number of hydrogen-bond acceptors (Lipinski definition) is 0. The maximum atomic E-state index is 2.60. The molecule has 0 bridgehead atoms. The van der Waals surface area contributed by atoms with Crippen molar-refractivity contribution in [1.82, 2.24) is 0 Å². The molecule has 0 fully saturated rings.